The largest absolute Gasteiger partial charge is 0.393 e. The standard InChI is InChI=1S/C9H16N4O/c1-12(2)9(11-7-10)13-5-3-8(14)4-6-13/h8,14H,3-6H2,1-2H3. The zero-order chi connectivity index (χ0) is 10.6. The fraction of sp³-hybridized carbons (Fsp3) is 0.778. The van der Waals surface area contributed by atoms with E-state index in [1.165, 1.54) is 0 Å². The predicted octanol–water partition coefficient (Wildman–Crippen LogP) is -0.158. The monoisotopic (exact) mass is 196 g/mol. The Morgan fingerprint density at radius 2 is 2.07 bits per heavy atom. The molecular weight excluding hydrogens is 180 g/mol. The number of hydrogen-bond acceptors (Lipinski definition) is 3. The number of nitriles is 1. The number of hydrogen-bond donors (Lipinski definition) is 1. The summed E-state index contributed by atoms with van der Waals surface area (Å²) < 4.78 is 0. The SMILES string of the molecule is CN(C)C(=NC#N)N1CCC(O)CC1. The minimum absolute atomic E-state index is 0.197. The van der Waals surface area contributed by atoms with Gasteiger partial charge in [0.1, 0.15) is 0 Å². The molecule has 1 rings (SSSR count). The second-order valence-corrected chi connectivity index (χ2v) is 3.62. The average molecular weight is 196 g/mol. The summed E-state index contributed by atoms with van der Waals surface area (Å²) in [5.41, 5.74) is 0. The molecule has 0 unspecified atom stereocenters. The van der Waals surface area contributed by atoms with Crippen molar-refractivity contribution in [3.8, 4) is 6.19 Å². The Hall–Kier alpha value is -1.28. The zero-order valence-electron chi connectivity index (χ0n) is 8.64. The van der Waals surface area contributed by atoms with Gasteiger partial charge in [-0.3, -0.25) is 0 Å². The van der Waals surface area contributed by atoms with Crippen molar-refractivity contribution in [1.82, 2.24) is 9.80 Å². The van der Waals surface area contributed by atoms with Crippen molar-refractivity contribution >= 4 is 5.96 Å². The number of piperidine rings is 1. The van der Waals surface area contributed by atoms with E-state index in [1.54, 1.807) is 6.19 Å². The van der Waals surface area contributed by atoms with Crippen LogP contribution >= 0.6 is 0 Å². The van der Waals surface area contributed by atoms with Crippen molar-refractivity contribution in [1.29, 1.82) is 5.26 Å². The molecule has 0 spiro atoms. The first-order chi connectivity index (χ1) is 6.65. The van der Waals surface area contributed by atoms with Crippen LogP contribution in [0.2, 0.25) is 0 Å². The van der Waals surface area contributed by atoms with Crippen LogP contribution in [0.1, 0.15) is 12.8 Å². The van der Waals surface area contributed by atoms with Gasteiger partial charge in [0.05, 0.1) is 6.10 Å². The number of likely N-dealkylation sites (tertiary alicyclic amines) is 1. The van der Waals surface area contributed by atoms with Crippen LogP contribution in [0.5, 0.6) is 0 Å². The van der Waals surface area contributed by atoms with Crippen LogP contribution in [0.15, 0.2) is 4.99 Å². The predicted molar refractivity (Wildman–Crippen MR) is 53.5 cm³/mol. The molecule has 0 aromatic rings. The fourth-order valence-corrected chi connectivity index (χ4v) is 1.56. The lowest BCUT2D eigenvalue weighted by atomic mass is 10.1. The molecule has 5 heteroatoms. The van der Waals surface area contributed by atoms with Gasteiger partial charge < -0.3 is 14.9 Å². The molecular formula is C9H16N4O. The minimum atomic E-state index is -0.197. The van der Waals surface area contributed by atoms with Gasteiger partial charge >= 0.3 is 0 Å². The summed E-state index contributed by atoms with van der Waals surface area (Å²) in [5, 5.41) is 17.9. The van der Waals surface area contributed by atoms with Crippen molar-refractivity contribution in [3.63, 3.8) is 0 Å². The van der Waals surface area contributed by atoms with Crippen LogP contribution < -0.4 is 0 Å². The number of nitrogens with zero attached hydrogens (tertiary/aromatic N) is 4. The highest BCUT2D eigenvalue weighted by Gasteiger charge is 2.20. The molecule has 0 radical (unpaired) electrons. The van der Waals surface area contributed by atoms with Crippen molar-refractivity contribution in [2.24, 2.45) is 4.99 Å². The van der Waals surface area contributed by atoms with Crippen molar-refractivity contribution < 1.29 is 5.11 Å². The highest BCUT2D eigenvalue weighted by atomic mass is 16.3. The molecule has 1 N–H and O–H groups in total. The quantitative estimate of drug-likeness (QED) is 0.332. The van der Waals surface area contributed by atoms with Crippen molar-refractivity contribution in [2.45, 2.75) is 18.9 Å². The number of rotatable bonds is 0. The van der Waals surface area contributed by atoms with Gasteiger partial charge in [-0.25, -0.2) is 0 Å². The van der Waals surface area contributed by atoms with Gasteiger partial charge in [0.15, 0.2) is 0 Å². The second-order valence-electron chi connectivity index (χ2n) is 3.62. The maximum atomic E-state index is 9.33. The van der Waals surface area contributed by atoms with Crippen LogP contribution in [0.25, 0.3) is 0 Å². The Balaban J connectivity index is 2.62. The summed E-state index contributed by atoms with van der Waals surface area (Å²) >= 11 is 0. The zero-order valence-corrected chi connectivity index (χ0v) is 8.64. The van der Waals surface area contributed by atoms with E-state index < -0.39 is 0 Å². The smallest absolute Gasteiger partial charge is 0.212 e. The highest BCUT2D eigenvalue weighted by molar-refractivity contribution is 5.80. The summed E-state index contributed by atoms with van der Waals surface area (Å²) in [6.07, 6.45) is 3.10. The van der Waals surface area contributed by atoms with Gasteiger partial charge in [-0.2, -0.15) is 5.26 Å². The number of guanidine groups is 1. The average Bonchev–Trinajstić information content (AvgIpc) is 2.15. The molecule has 0 aromatic heterocycles. The summed E-state index contributed by atoms with van der Waals surface area (Å²) in [5.74, 6) is 0.680. The molecule has 0 aromatic carbocycles. The molecule has 1 aliphatic heterocycles. The van der Waals surface area contributed by atoms with E-state index in [9.17, 15) is 5.11 Å². The third kappa shape index (κ3) is 2.60. The van der Waals surface area contributed by atoms with Crippen molar-refractivity contribution in [3.05, 3.63) is 0 Å². The topological polar surface area (TPSA) is 62.9 Å². The first kappa shape index (κ1) is 10.8. The molecule has 1 saturated heterocycles. The van der Waals surface area contributed by atoms with E-state index in [2.05, 4.69) is 4.99 Å². The molecule has 5 nitrogen and oxygen atoms in total. The summed E-state index contributed by atoms with van der Waals surface area (Å²) in [7, 11) is 3.72. The van der Waals surface area contributed by atoms with Crippen LogP contribution in [0.3, 0.4) is 0 Å². The first-order valence-corrected chi connectivity index (χ1v) is 4.72. The lowest BCUT2D eigenvalue weighted by Gasteiger charge is -2.34. The van der Waals surface area contributed by atoms with E-state index in [0.29, 0.717) is 5.96 Å². The van der Waals surface area contributed by atoms with Crippen LogP contribution in [0, 0.1) is 11.5 Å². The lowest BCUT2D eigenvalue weighted by Crippen LogP contribution is -2.45. The summed E-state index contributed by atoms with van der Waals surface area (Å²) in [4.78, 5) is 7.61. The van der Waals surface area contributed by atoms with E-state index >= 15 is 0 Å². The first-order valence-electron chi connectivity index (χ1n) is 4.72. The maximum absolute atomic E-state index is 9.33. The number of aliphatic hydroxyl groups is 1. The molecule has 1 aliphatic rings. The van der Waals surface area contributed by atoms with Gasteiger partial charge in [0.2, 0.25) is 12.2 Å². The number of aliphatic imine (C=N–C) groups is 1. The van der Waals surface area contributed by atoms with Crippen LogP contribution in [-0.2, 0) is 0 Å². The van der Waals surface area contributed by atoms with E-state index in [4.69, 9.17) is 5.26 Å². The second kappa shape index (κ2) is 4.82. The molecule has 0 aliphatic carbocycles. The fourth-order valence-electron chi connectivity index (χ4n) is 1.56. The Kier molecular flexibility index (Phi) is 3.72. The van der Waals surface area contributed by atoms with Gasteiger partial charge in [-0.1, -0.05) is 0 Å². The Labute approximate surface area is 84.3 Å². The van der Waals surface area contributed by atoms with Gasteiger partial charge in [-0.05, 0) is 12.8 Å². The minimum Gasteiger partial charge on any atom is -0.393 e. The molecule has 1 fully saturated rings. The number of aliphatic hydroxyl groups excluding tert-OH is 1. The van der Waals surface area contributed by atoms with E-state index in [0.717, 1.165) is 25.9 Å². The lowest BCUT2D eigenvalue weighted by molar-refractivity contribution is 0.105. The molecule has 0 amide bonds. The molecule has 0 bridgehead atoms. The third-order valence-electron chi connectivity index (χ3n) is 2.30. The van der Waals surface area contributed by atoms with Gasteiger partial charge in [-0.15, -0.1) is 4.99 Å². The molecule has 14 heavy (non-hydrogen) atoms. The molecule has 78 valence electrons. The van der Waals surface area contributed by atoms with Gasteiger partial charge in [0, 0.05) is 27.2 Å². The van der Waals surface area contributed by atoms with E-state index in [1.807, 2.05) is 23.9 Å². The maximum Gasteiger partial charge on any atom is 0.212 e. The van der Waals surface area contributed by atoms with E-state index in [-0.39, 0.29) is 6.10 Å². The van der Waals surface area contributed by atoms with Crippen LogP contribution in [0.4, 0.5) is 0 Å². The van der Waals surface area contributed by atoms with Gasteiger partial charge in [0.25, 0.3) is 0 Å². The Bertz CT molecular complexity index is 248. The Morgan fingerprint density at radius 1 is 1.50 bits per heavy atom. The summed E-state index contributed by atoms with van der Waals surface area (Å²) in [6.45, 7) is 1.53. The van der Waals surface area contributed by atoms with Crippen molar-refractivity contribution in [2.75, 3.05) is 27.2 Å². The Morgan fingerprint density at radius 3 is 2.50 bits per heavy atom. The normalized spacial score (nSPS) is 19.3. The highest BCUT2D eigenvalue weighted by Crippen LogP contribution is 2.11. The molecule has 0 saturated carbocycles. The summed E-state index contributed by atoms with van der Waals surface area (Å²) in [6, 6.07) is 0. The van der Waals surface area contributed by atoms with Crippen LogP contribution in [-0.4, -0.2) is 54.2 Å². The molecule has 1 heterocycles. The third-order valence-corrected chi connectivity index (χ3v) is 2.30. The molecule has 0 atom stereocenters.